The first-order valence-corrected chi connectivity index (χ1v) is 4.57. The molecule has 0 aliphatic heterocycles. The summed E-state index contributed by atoms with van der Waals surface area (Å²) in [7, 11) is 0. The lowest BCUT2D eigenvalue weighted by atomic mass is 10.2. The number of aryl methyl sites for hydroxylation is 1. The van der Waals surface area contributed by atoms with Crippen molar-refractivity contribution in [3.63, 3.8) is 0 Å². The molecule has 0 saturated carbocycles. The van der Waals surface area contributed by atoms with Gasteiger partial charge in [0.05, 0.1) is 5.69 Å². The van der Waals surface area contributed by atoms with Crippen molar-refractivity contribution in [1.82, 2.24) is 14.8 Å². The van der Waals surface area contributed by atoms with Crippen LogP contribution >= 0.6 is 0 Å². The highest BCUT2D eigenvalue weighted by molar-refractivity contribution is 5.33. The summed E-state index contributed by atoms with van der Waals surface area (Å²) >= 11 is 0. The number of hydrogen-bond donors (Lipinski definition) is 2. The lowest BCUT2D eigenvalue weighted by Crippen LogP contribution is -2.15. The number of aliphatic hydroxyl groups excluding tert-OH is 1. The number of rotatable bonds is 2. The van der Waals surface area contributed by atoms with Gasteiger partial charge in [0, 0.05) is 0 Å². The molecule has 2 aromatic rings. The van der Waals surface area contributed by atoms with Crippen LogP contribution in [0.1, 0.15) is 11.4 Å². The summed E-state index contributed by atoms with van der Waals surface area (Å²) in [4.78, 5) is 13.9. The van der Waals surface area contributed by atoms with Gasteiger partial charge in [0.15, 0.2) is 5.82 Å². The SMILES string of the molecule is Cc1cccc(-n2nc(CO)[nH]c2=O)c1. The molecule has 0 radical (unpaired) electrons. The van der Waals surface area contributed by atoms with Gasteiger partial charge in [0.1, 0.15) is 6.61 Å². The van der Waals surface area contributed by atoms with Crippen molar-refractivity contribution in [1.29, 1.82) is 0 Å². The van der Waals surface area contributed by atoms with E-state index in [-0.39, 0.29) is 18.1 Å². The first-order chi connectivity index (χ1) is 7.20. The first-order valence-electron chi connectivity index (χ1n) is 4.57. The molecule has 0 spiro atoms. The molecule has 0 bridgehead atoms. The molecule has 1 heterocycles. The van der Waals surface area contributed by atoms with E-state index in [0.29, 0.717) is 5.69 Å². The molecule has 78 valence electrons. The Morgan fingerprint density at radius 2 is 2.33 bits per heavy atom. The number of nitrogens with one attached hydrogen (secondary N) is 1. The lowest BCUT2D eigenvalue weighted by molar-refractivity contribution is 0.271. The number of benzene rings is 1. The minimum Gasteiger partial charge on any atom is -0.388 e. The summed E-state index contributed by atoms with van der Waals surface area (Å²) in [5.74, 6) is 0.265. The van der Waals surface area contributed by atoms with Crippen molar-refractivity contribution in [2.45, 2.75) is 13.5 Å². The maximum absolute atomic E-state index is 11.4. The molecule has 5 heteroatoms. The number of aliphatic hydroxyl groups is 1. The van der Waals surface area contributed by atoms with Crippen LogP contribution in [0, 0.1) is 6.92 Å². The largest absolute Gasteiger partial charge is 0.388 e. The summed E-state index contributed by atoms with van der Waals surface area (Å²) in [5, 5.41) is 12.8. The topological polar surface area (TPSA) is 70.9 Å². The summed E-state index contributed by atoms with van der Waals surface area (Å²) < 4.78 is 1.23. The van der Waals surface area contributed by atoms with Gasteiger partial charge < -0.3 is 5.11 Å². The van der Waals surface area contributed by atoms with Crippen molar-refractivity contribution in [2.75, 3.05) is 0 Å². The second kappa shape index (κ2) is 3.70. The standard InChI is InChI=1S/C10H11N3O2/c1-7-3-2-4-8(5-7)13-10(15)11-9(6-14)12-13/h2-5,14H,6H2,1H3,(H,11,12,15). The normalized spacial score (nSPS) is 10.5. The second-order valence-electron chi connectivity index (χ2n) is 3.29. The van der Waals surface area contributed by atoms with E-state index in [1.165, 1.54) is 4.68 Å². The Balaban J connectivity index is 2.54. The molecule has 2 N–H and O–H groups in total. The third-order valence-corrected chi connectivity index (χ3v) is 2.06. The van der Waals surface area contributed by atoms with E-state index >= 15 is 0 Å². The molecule has 0 atom stereocenters. The van der Waals surface area contributed by atoms with E-state index in [0.717, 1.165) is 5.56 Å². The van der Waals surface area contributed by atoms with E-state index in [1.54, 1.807) is 6.07 Å². The minimum absolute atomic E-state index is 0.265. The number of nitrogens with zero attached hydrogens (tertiary/aromatic N) is 2. The first kappa shape index (κ1) is 9.67. The van der Waals surface area contributed by atoms with Crippen molar-refractivity contribution in [3.05, 3.63) is 46.1 Å². The fourth-order valence-electron chi connectivity index (χ4n) is 1.37. The molecule has 1 aromatic carbocycles. The predicted octanol–water partition coefficient (Wildman–Crippen LogP) is 0.361. The zero-order valence-corrected chi connectivity index (χ0v) is 8.27. The molecule has 0 aliphatic carbocycles. The molecular formula is C10H11N3O2. The Bertz CT molecular complexity index is 527. The highest BCUT2D eigenvalue weighted by Crippen LogP contribution is 2.06. The maximum atomic E-state index is 11.4. The molecule has 1 aromatic heterocycles. The monoisotopic (exact) mass is 205 g/mol. The Hall–Kier alpha value is -1.88. The van der Waals surface area contributed by atoms with Crippen LogP contribution in [0.4, 0.5) is 0 Å². The smallest absolute Gasteiger partial charge is 0.348 e. The van der Waals surface area contributed by atoms with E-state index < -0.39 is 0 Å². The molecule has 0 saturated heterocycles. The van der Waals surface area contributed by atoms with Gasteiger partial charge >= 0.3 is 5.69 Å². The molecule has 2 rings (SSSR count). The third-order valence-electron chi connectivity index (χ3n) is 2.06. The van der Waals surface area contributed by atoms with E-state index in [2.05, 4.69) is 10.1 Å². The molecular weight excluding hydrogens is 194 g/mol. The number of hydrogen-bond acceptors (Lipinski definition) is 3. The van der Waals surface area contributed by atoms with Crippen molar-refractivity contribution in [3.8, 4) is 5.69 Å². The zero-order valence-electron chi connectivity index (χ0n) is 8.27. The predicted molar refractivity (Wildman–Crippen MR) is 54.8 cm³/mol. The second-order valence-corrected chi connectivity index (χ2v) is 3.29. The van der Waals surface area contributed by atoms with Gasteiger partial charge in [-0.3, -0.25) is 4.98 Å². The molecule has 0 aliphatic rings. The van der Waals surface area contributed by atoms with Gasteiger partial charge in [0.2, 0.25) is 0 Å². The van der Waals surface area contributed by atoms with Crippen LogP contribution in [0.25, 0.3) is 5.69 Å². The Kier molecular flexibility index (Phi) is 2.39. The van der Waals surface area contributed by atoms with Gasteiger partial charge in [-0.05, 0) is 24.6 Å². The molecule has 15 heavy (non-hydrogen) atoms. The van der Waals surface area contributed by atoms with Gasteiger partial charge in [-0.25, -0.2) is 4.79 Å². The molecule has 0 amide bonds. The van der Waals surface area contributed by atoms with E-state index in [4.69, 9.17) is 5.11 Å². The highest BCUT2D eigenvalue weighted by atomic mass is 16.3. The number of H-pyrrole nitrogens is 1. The summed E-state index contributed by atoms with van der Waals surface area (Å²) in [6.07, 6.45) is 0. The maximum Gasteiger partial charge on any atom is 0.348 e. The van der Waals surface area contributed by atoms with Gasteiger partial charge in [-0.15, -0.1) is 5.10 Å². The van der Waals surface area contributed by atoms with Crippen LogP contribution in [0.15, 0.2) is 29.1 Å². The minimum atomic E-state index is -0.343. The average molecular weight is 205 g/mol. The van der Waals surface area contributed by atoms with Crippen LogP contribution in [0.5, 0.6) is 0 Å². The van der Waals surface area contributed by atoms with Crippen LogP contribution in [-0.4, -0.2) is 19.9 Å². The quantitative estimate of drug-likeness (QED) is 0.743. The third kappa shape index (κ3) is 1.82. The van der Waals surface area contributed by atoms with Crippen LogP contribution < -0.4 is 5.69 Å². The summed E-state index contributed by atoms with van der Waals surface area (Å²) in [6.45, 7) is 1.67. The van der Waals surface area contributed by atoms with Crippen molar-refractivity contribution < 1.29 is 5.11 Å². The summed E-state index contributed by atoms with van der Waals surface area (Å²) in [5.41, 5.74) is 1.40. The van der Waals surface area contributed by atoms with E-state index in [9.17, 15) is 4.79 Å². The Morgan fingerprint density at radius 3 is 2.93 bits per heavy atom. The van der Waals surface area contributed by atoms with Gasteiger partial charge in [-0.1, -0.05) is 12.1 Å². The fraction of sp³-hybridized carbons (Fsp3) is 0.200. The number of aromatic amines is 1. The van der Waals surface area contributed by atoms with Crippen LogP contribution in [0.2, 0.25) is 0 Å². The molecule has 5 nitrogen and oxygen atoms in total. The number of aromatic nitrogens is 3. The summed E-state index contributed by atoms with van der Waals surface area (Å²) in [6, 6.07) is 7.43. The Labute approximate surface area is 86.0 Å². The Morgan fingerprint density at radius 1 is 1.53 bits per heavy atom. The highest BCUT2D eigenvalue weighted by Gasteiger charge is 2.05. The van der Waals surface area contributed by atoms with Crippen LogP contribution in [-0.2, 0) is 6.61 Å². The van der Waals surface area contributed by atoms with Crippen LogP contribution in [0.3, 0.4) is 0 Å². The van der Waals surface area contributed by atoms with Crippen molar-refractivity contribution in [2.24, 2.45) is 0 Å². The average Bonchev–Trinajstić information content (AvgIpc) is 2.60. The van der Waals surface area contributed by atoms with Gasteiger partial charge in [0.25, 0.3) is 0 Å². The van der Waals surface area contributed by atoms with E-state index in [1.807, 2.05) is 25.1 Å². The van der Waals surface area contributed by atoms with Crippen molar-refractivity contribution >= 4 is 0 Å². The van der Waals surface area contributed by atoms with Gasteiger partial charge in [-0.2, -0.15) is 4.68 Å². The fourth-order valence-corrected chi connectivity index (χ4v) is 1.37. The zero-order chi connectivity index (χ0) is 10.8. The lowest BCUT2D eigenvalue weighted by Gasteiger charge is -1.99. The molecule has 0 fully saturated rings. The molecule has 0 unspecified atom stereocenters.